The number of benzene rings is 1. The second-order valence-electron chi connectivity index (χ2n) is 3.43. The fourth-order valence-corrected chi connectivity index (χ4v) is 1.63. The van der Waals surface area contributed by atoms with Crippen molar-refractivity contribution in [2.75, 3.05) is 17.2 Å². The average Bonchev–Trinajstić information content (AvgIpc) is 2.90. The summed E-state index contributed by atoms with van der Waals surface area (Å²) in [5.41, 5.74) is 0.337. The molecule has 0 bridgehead atoms. The number of anilines is 2. The largest absolute Gasteiger partial charge is 0.480 e. The Morgan fingerprint density at radius 2 is 2.10 bits per heavy atom. The van der Waals surface area contributed by atoms with E-state index in [-0.39, 0.29) is 10.9 Å². The number of hydrogen-bond acceptors (Lipinski definition) is 7. The number of carbonyl (C=O) groups is 2. The number of carbonyl (C=O) groups excluding carboxylic acids is 1. The first-order chi connectivity index (χ1) is 9.65. The van der Waals surface area contributed by atoms with Crippen LogP contribution in [0, 0.1) is 0 Å². The Morgan fingerprint density at radius 3 is 2.80 bits per heavy atom. The summed E-state index contributed by atoms with van der Waals surface area (Å²) in [6.45, 7) is -0.499. The highest BCUT2D eigenvalue weighted by Crippen LogP contribution is 2.23. The second-order valence-corrected chi connectivity index (χ2v) is 4.16. The summed E-state index contributed by atoms with van der Waals surface area (Å²) < 4.78 is 8.55. The topological polar surface area (TPSA) is 126 Å². The Bertz CT molecular complexity index is 603. The highest BCUT2D eigenvalue weighted by atomic mass is 32.1. The van der Waals surface area contributed by atoms with Gasteiger partial charge in [0.25, 0.3) is 0 Å². The molecule has 2 aromatic rings. The number of aliphatic carboxylic acids is 1. The van der Waals surface area contributed by atoms with Crippen LogP contribution in [0.2, 0.25) is 0 Å². The molecular formula is C10H9N5O4S. The van der Waals surface area contributed by atoms with Gasteiger partial charge in [-0.3, -0.25) is 5.32 Å². The lowest BCUT2D eigenvalue weighted by Gasteiger charge is -2.10. The van der Waals surface area contributed by atoms with Crippen LogP contribution in [0.5, 0.6) is 5.75 Å². The molecule has 0 radical (unpaired) electrons. The van der Waals surface area contributed by atoms with Crippen molar-refractivity contribution in [3.05, 3.63) is 24.3 Å². The van der Waals surface area contributed by atoms with E-state index >= 15 is 0 Å². The maximum absolute atomic E-state index is 11.7. The summed E-state index contributed by atoms with van der Waals surface area (Å²) in [4.78, 5) is 22.2. The van der Waals surface area contributed by atoms with Gasteiger partial charge in [-0.05, 0) is 17.3 Å². The molecule has 10 heteroatoms. The molecule has 1 aromatic heterocycles. The van der Waals surface area contributed by atoms with Crippen molar-refractivity contribution in [1.29, 1.82) is 0 Å². The second kappa shape index (κ2) is 6.43. The van der Waals surface area contributed by atoms with Crippen molar-refractivity contribution in [3.8, 4) is 5.75 Å². The van der Waals surface area contributed by atoms with Gasteiger partial charge in [-0.2, -0.15) is 0 Å². The third-order valence-electron chi connectivity index (χ3n) is 2.01. The molecule has 0 aliphatic heterocycles. The Labute approximate surface area is 116 Å². The zero-order valence-electron chi connectivity index (χ0n) is 9.94. The first-order valence-electron chi connectivity index (χ1n) is 5.32. The van der Waals surface area contributed by atoms with Gasteiger partial charge in [0.2, 0.25) is 5.13 Å². The Hall–Kier alpha value is -2.75. The van der Waals surface area contributed by atoms with Gasteiger partial charge in [-0.25, -0.2) is 9.59 Å². The number of urea groups is 1. The van der Waals surface area contributed by atoms with Crippen molar-refractivity contribution in [2.45, 2.75) is 0 Å². The number of para-hydroxylation sites is 2. The van der Waals surface area contributed by atoms with E-state index in [2.05, 4.69) is 25.4 Å². The third-order valence-corrected chi connectivity index (χ3v) is 2.52. The van der Waals surface area contributed by atoms with E-state index < -0.39 is 18.6 Å². The molecule has 0 saturated carbocycles. The zero-order valence-corrected chi connectivity index (χ0v) is 10.8. The van der Waals surface area contributed by atoms with Crippen LogP contribution in [0.1, 0.15) is 0 Å². The molecule has 0 saturated heterocycles. The first-order valence-corrected chi connectivity index (χ1v) is 6.09. The van der Waals surface area contributed by atoms with E-state index in [0.29, 0.717) is 5.69 Å². The minimum atomic E-state index is -1.11. The van der Waals surface area contributed by atoms with Crippen molar-refractivity contribution >= 4 is 34.4 Å². The molecule has 104 valence electrons. The van der Waals surface area contributed by atoms with E-state index in [1.54, 1.807) is 24.3 Å². The van der Waals surface area contributed by atoms with Crippen LogP contribution in [0.15, 0.2) is 24.3 Å². The molecule has 0 aliphatic carbocycles. The first kappa shape index (κ1) is 13.7. The third kappa shape index (κ3) is 3.88. The summed E-state index contributed by atoms with van der Waals surface area (Å²) in [6, 6.07) is 5.90. The highest BCUT2D eigenvalue weighted by molar-refractivity contribution is 7.09. The van der Waals surface area contributed by atoms with Crippen LogP contribution in [-0.2, 0) is 4.79 Å². The van der Waals surface area contributed by atoms with Crippen molar-refractivity contribution in [2.24, 2.45) is 0 Å². The number of aromatic nitrogens is 3. The van der Waals surface area contributed by atoms with Crippen molar-refractivity contribution < 1.29 is 19.4 Å². The standard InChI is InChI=1S/C10H9N5O4S/c16-8(17)5-19-7-4-2-1-3-6(7)11-9(18)12-10-13-14-15-20-10/h1-4H,5H2,(H,16,17)(H2,11,12,13,15,18). The zero-order chi connectivity index (χ0) is 14.4. The quantitative estimate of drug-likeness (QED) is 0.752. The molecule has 0 unspecified atom stereocenters. The lowest BCUT2D eigenvalue weighted by molar-refractivity contribution is -0.139. The van der Waals surface area contributed by atoms with Crippen LogP contribution in [0.25, 0.3) is 0 Å². The van der Waals surface area contributed by atoms with Crippen LogP contribution in [0.4, 0.5) is 15.6 Å². The summed E-state index contributed by atoms with van der Waals surface area (Å²) in [5, 5.41) is 20.6. The molecule has 0 aliphatic rings. The van der Waals surface area contributed by atoms with Gasteiger partial charge < -0.3 is 15.2 Å². The number of rotatable bonds is 5. The monoisotopic (exact) mass is 295 g/mol. The SMILES string of the molecule is O=C(O)COc1ccccc1NC(=O)Nc1nnns1. The van der Waals surface area contributed by atoms with E-state index in [1.807, 2.05) is 0 Å². The van der Waals surface area contributed by atoms with E-state index in [0.717, 1.165) is 11.5 Å². The number of hydrogen-bond donors (Lipinski definition) is 3. The van der Waals surface area contributed by atoms with Gasteiger partial charge >= 0.3 is 12.0 Å². The molecule has 2 amide bonds. The molecule has 0 fully saturated rings. The molecule has 1 aromatic carbocycles. The summed E-state index contributed by atoms with van der Waals surface area (Å²) in [7, 11) is 0. The molecule has 20 heavy (non-hydrogen) atoms. The highest BCUT2D eigenvalue weighted by Gasteiger charge is 2.10. The summed E-state index contributed by atoms with van der Waals surface area (Å²) >= 11 is 0.927. The van der Waals surface area contributed by atoms with Gasteiger partial charge in [0.15, 0.2) is 6.61 Å². The van der Waals surface area contributed by atoms with Gasteiger partial charge in [-0.15, -0.1) is 0 Å². The van der Waals surface area contributed by atoms with Gasteiger partial charge in [0.05, 0.1) is 5.69 Å². The van der Waals surface area contributed by atoms with Crippen LogP contribution >= 0.6 is 11.5 Å². The van der Waals surface area contributed by atoms with E-state index in [9.17, 15) is 9.59 Å². The molecule has 2 rings (SSSR count). The number of carboxylic acid groups (broad SMARTS) is 1. The van der Waals surface area contributed by atoms with Gasteiger partial charge in [0.1, 0.15) is 5.75 Å². The average molecular weight is 295 g/mol. The minimum Gasteiger partial charge on any atom is -0.480 e. The molecule has 0 atom stereocenters. The molecule has 3 N–H and O–H groups in total. The molecule has 0 spiro atoms. The predicted molar refractivity (Wildman–Crippen MR) is 69.9 cm³/mol. The fourth-order valence-electron chi connectivity index (χ4n) is 1.27. The smallest absolute Gasteiger partial charge is 0.341 e. The number of nitrogens with zero attached hydrogens (tertiary/aromatic N) is 3. The minimum absolute atomic E-state index is 0.242. The number of carboxylic acids is 1. The maximum atomic E-state index is 11.7. The Balaban J connectivity index is 2.01. The summed E-state index contributed by atoms with van der Waals surface area (Å²) in [5.74, 6) is -0.857. The summed E-state index contributed by atoms with van der Waals surface area (Å²) in [6.07, 6.45) is 0. The lowest BCUT2D eigenvalue weighted by Crippen LogP contribution is -2.20. The van der Waals surface area contributed by atoms with Crippen LogP contribution < -0.4 is 15.4 Å². The van der Waals surface area contributed by atoms with Crippen LogP contribution in [0.3, 0.4) is 0 Å². The molecular weight excluding hydrogens is 286 g/mol. The van der Waals surface area contributed by atoms with Crippen molar-refractivity contribution in [1.82, 2.24) is 14.8 Å². The van der Waals surface area contributed by atoms with Gasteiger partial charge in [0, 0.05) is 11.5 Å². The predicted octanol–water partition coefficient (Wildman–Crippen LogP) is 1.04. The van der Waals surface area contributed by atoms with E-state index in [1.165, 1.54) is 0 Å². The molecule has 9 nitrogen and oxygen atoms in total. The molecule has 1 heterocycles. The van der Waals surface area contributed by atoms with E-state index in [4.69, 9.17) is 9.84 Å². The fraction of sp³-hybridized carbons (Fsp3) is 0.100. The van der Waals surface area contributed by atoms with Crippen LogP contribution in [-0.4, -0.2) is 38.5 Å². The number of nitrogens with one attached hydrogen (secondary N) is 2. The number of amides is 2. The maximum Gasteiger partial charge on any atom is 0.341 e. The number of ether oxygens (including phenoxy) is 1. The van der Waals surface area contributed by atoms with Gasteiger partial charge in [-0.1, -0.05) is 21.7 Å². The lowest BCUT2D eigenvalue weighted by atomic mass is 10.3. The Morgan fingerprint density at radius 1 is 1.30 bits per heavy atom. The normalized spacial score (nSPS) is 9.80. The van der Waals surface area contributed by atoms with Crippen molar-refractivity contribution in [3.63, 3.8) is 0 Å². The Kier molecular flexibility index (Phi) is 4.39.